The third-order valence-corrected chi connectivity index (χ3v) is 6.84. The summed E-state index contributed by atoms with van der Waals surface area (Å²) in [6.45, 7) is 4.34. The molecule has 0 spiro atoms. The quantitative estimate of drug-likeness (QED) is 0.720. The number of benzene rings is 2. The van der Waals surface area contributed by atoms with Crippen LogP contribution in [0.4, 0.5) is 0 Å². The van der Waals surface area contributed by atoms with Gasteiger partial charge in [-0.3, -0.25) is 4.79 Å². The Hall–Kier alpha value is -2.24. The van der Waals surface area contributed by atoms with E-state index in [-0.39, 0.29) is 5.91 Å². The summed E-state index contributed by atoms with van der Waals surface area (Å²) in [6.07, 6.45) is 3.52. The maximum atomic E-state index is 12.9. The van der Waals surface area contributed by atoms with Crippen molar-refractivity contribution in [2.45, 2.75) is 38.8 Å². The molecule has 3 aromatic rings. The number of aryl methyl sites for hydroxylation is 1. The molecule has 1 unspecified atom stereocenters. The van der Waals surface area contributed by atoms with Gasteiger partial charge in [-0.15, -0.1) is 11.3 Å². The Morgan fingerprint density at radius 1 is 1.18 bits per heavy atom. The summed E-state index contributed by atoms with van der Waals surface area (Å²) in [5.74, 6) is 0.212. The van der Waals surface area contributed by atoms with Crippen LogP contribution in [-0.4, -0.2) is 35.9 Å². The fourth-order valence-electron chi connectivity index (χ4n) is 4.01. The molecule has 1 saturated heterocycles. The van der Waals surface area contributed by atoms with Gasteiger partial charge in [0.25, 0.3) is 5.91 Å². The van der Waals surface area contributed by atoms with Gasteiger partial charge in [-0.25, -0.2) is 4.98 Å². The highest BCUT2D eigenvalue weighted by Crippen LogP contribution is 2.28. The Morgan fingerprint density at radius 2 is 1.96 bits per heavy atom. The predicted molar refractivity (Wildman–Crippen MR) is 115 cm³/mol. The molecule has 4 rings (SSSR count). The molecule has 0 aliphatic carbocycles. The van der Waals surface area contributed by atoms with E-state index >= 15 is 0 Å². The number of aromatic nitrogens is 1. The number of fused-ring (bicyclic) bond motifs is 1. The van der Waals surface area contributed by atoms with E-state index in [2.05, 4.69) is 49.4 Å². The lowest BCUT2D eigenvalue weighted by Crippen LogP contribution is -3.14. The number of hydrogen-bond donors (Lipinski definition) is 1. The van der Waals surface area contributed by atoms with Crippen LogP contribution in [0, 0.1) is 6.92 Å². The summed E-state index contributed by atoms with van der Waals surface area (Å²) >= 11 is 1.79. The van der Waals surface area contributed by atoms with E-state index in [4.69, 9.17) is 4.98 Å². The van der Waals surface area contributed by atoms with Gasteiger partial charge < -0.3 is 9.80 Å². The number of rotatable bonds is 5. The fourth-order valence-corrected chi connectivity index (χ4v) is 5.17. The lowest BCUT2D eigenvalue weighted by molar-refractivity contribution is -0.929. The number of amides is 1. The van der Waals surface area contributed by atoms with Gasteiger partial charge in [0, 0.05) is 20.0 Å². The van der Waals surface area contributed by atoms with Gasteiger partial charge >= 0.3 is 0 Å². The molecule has 1 aliphatic rings. The van der Waals surface area contributed by atoms with Crippen LogP contribution >= 0.6 is 11.3 Å². The molecule has 1 aliphatic heterocycles. The number of likely N-dealkylation sites (tertiary alicyclic amines) is 1. The van der Waals surface area contributed by atoms with Gasteiger partial charge in [-0.05, 0) is 37.5 Å². The van der Waals surface area contributed by atoms with Crippen molar-refractivity contribution in [2.75, 3.05) is 20.1 Å². The third kappa shape index (κ3) is 4.26. The van der Waals surface area contributed by atoms with Crippen LogP contribution in [0.3, 0.4) is 0 Å². The van der Waals surface area contributed by atoms with Crippen molar-refractivity contribution in [3.63, 3.8) is 0 Å². The molecule has 1 N–H and O–H groups in total. The van der Waals surface area contributed by atoms with Crippen molar-refractivity contribution in [1.29, 1.82) is 0 Å². The molecular formula is C23H28N3OS+. The molecule has 5 heteroatoms. The van der Waals surface area contributed by atoms with Crippen molar-refractivity contribution in [3.8, 4) is 0 Å². The number of thiazole rings is 1. The van der Waals surface area contributed by atoms with E-state index < -0.39 is 0 Å². The number of nitrogens with zero attached hydrogens (tertiary/aromatic N) is 2. The second-order valence-electron chi connectivity index (χ2n) is 7.89. The zero-order valence-electron chi connectivity index (χ0n) is 16.6. The maximum absolute atomic E-state index is 12.9. The second kappa shape index (κ2) is 8.41. The van der Waals surface area contributed by atoms with Gasteiger partial charge in [-0.1, -0.05) is 42.0 Å². The molecular weight excluding hydrogens is 366 g/mol. The van der Waals surface area contributed by atoms with Gasteiger partial charge in [0.05, 0.1) is 16.8 Å². The van der Waals surface area contributed by atoms with E-state index in [1.54, 1.807) is 11.3 Å². The fraction of sp³-hybridized carbons (Fsp3) is 0.391. The molecule has 0 radical (unpaired) electrons. The molecule has 2 aromatic carbocycles. The van der Waals surface area contributed by atoms with Gasteiger partial charge in [0.1, 0.15) is 6.04 Å². The Kier molecular flexibility index (Phi) is 5.74. The van der Waals surface area contributed by atoms with Crippen molar-refractivity contribution >= 4 is 27.5 Å². The predicted octanol–water partition coefficient (Wildman–Crippen LogP) is 3.37. The number of para-hydroxylation sites is 1. The van der Waals surface area contributed by atoms with E-state index in [0.717, 1.165) is 18.5 Å². The second-order valence-corrected chi connectivity index (χ2v) is 8.95. The number of hydrogen-bond acceptors (Lipinski definition) is 3. The molecule has 0 bridgehead atoms. The normalized spacial score (nSPS) is 19.6. The number of carbonyl (C=O) groups excluding carboxylic acids is 1. The van der Waals surface area contributed by atoms with Crippen LogP contribution in [0.1, 0.15) is 41.4 Å². The Morgan fingerprint density at radius 3 is 2.75 bits per heavy atom. The number of piperidine rings is 1. The van der Waals surface area contributed by atoms with E-state index in [1.807, 2.05) is 18.0 Å². The van der Waals surface area contributed by atoms with Crippen LogP contribution in [0.2, 0.25) is 0 Å². The van der Waals surface area contributed by atoms with E-state index in [9.17, 15) is 4.79 Å². The Labute approximate surface area is 170 Å². The topological polar surface area (TPSA) is 37.6 Å². The van der Waals surface area contributed by atoms with Gasteiger partial charge in [0.15, 0.2) is 11.6 Å². The summed E-state index contributed by atoms with van der Waals surface area (Å²) in [5, 5.41) is 1.19. The van der Waals surface area contributed by atoms with Crippen molar-refractivity contribution in [2.24, 2.45) is 0 Å². The number of quaternary nitrogens is 1. The van der Waals surface area contributed by atoms with E-state index in [1.165, 1.54) is 38.6 Å². The molecule has 2 heterocycles. The lowest BCUT2D eigenvalue weighted by Gasteiger charge is -2.32. The smallest absolute Gasteiger partial charge is 0.277 e. The Bertz CT molecular complexity index is 917. The first-order valence-electron chi connectivity index (χ1n) is 10.1. The molecule has 1 fully saturated rings. The first-order valence-corrected chi connectivity index (χ1v) is 10.9. The third-order valence-electron chi connectivity index (χ3n) is 5.69. The lowest BCUT2D eigenvalue weighted by atomic mass is 10.0. The van der Waals surface area contributed by atoms with Crippen molar-refractivity contribution in [1.82, 2.24) is 9.88 Å². The number of nitrogens with one attached hydrogen (secondary N) is 1. The molecule has 146 valence electrons. The summed E-state index contributed by atoms with van der Waals surface area (Å²) in [6, 6.07) is 17.1. The van der Waals surface area contributed by atoms with Crippen molar-refractivity contribution < 1.29 is 9.69 Å². The molecule has 2 atom stereocenters. The highest BCUT2D eigenvalue weighted by molar-refractivity contribution is 7.18. The summed E-state index contributed by atoms with van der Waals surface area (Å²) in [7, 11) is 1.91. The molecule has 1 amide bonds. The highest BCUT2D eigenvalue weighted by atomic mass is 32.1. The maximum Gasteiger partial charge on any atom is 0.277 e. The van der Waals surface area contributed by atoms with E-state index in [0.29, 0.717) is 19.1 Å². The minimum absolute atomic E-state index is 0.212. The van der Waals surface area contributed by atoms with Crippen LogP contribution in [0.5, 0.6) is 0 Å². The van der Waals surface area contributed by atoms with Crippen LogP contribution in [-0.2, 0) is 11.3 Å². The SMILES string of the molecule is Cc1ccc(CN(C)C(=O)C[NH+]2CCCC[C@H]2c2nc3ccccc3s2)cc1. The zero-order chi connectivity index (χ0) is 19.5. The Balaban J connectivity index is 1.45. The van der Waals surface area contributed by atoms with Crippen molar-refractivity contribution in [3.05, 3.63) is 64.7 Å². The molecule has 4 nitrogen and oxygen atoms in total. The van der Waals surface area contributed by atoms with Crippen LogP contribution in [0.15, 0.2) is 48.5 Å². The van der Waals surface area contributed by atoms with Crippen LogP contribution in [0.25, 0.3) is 10.2 Å². The first-order chi connectivity index (χ1) is 13.6. The average molecular weight is 395 g/mol. The minimum atomic E-state index is 0.212. The first kappa shape index (κ1) is 19.1. The molecule has 28 heavy (non-hydrogen) atoms. The molecule has 0 saturated carbocycles. The highest BCUT2D eigenvalue weighted by Gasteiger charge is 2.32. The average Bonchev–Trinajstić information content (AvgIpc) is 3.14. The standard InChI is InChI=1S/C23H27N3OS/c1-17-10-12-18(13-11-17)15-25(2)22(27)16-26-14-6-5-8-20(26)23-24-19-7-3-4-9-21(19)28-23/h3-4,7,9-13,20H,5-6,8,14-16H2,1-2H3/p+1/t20-/m0/s1. The van der Waals surface area contributed by atoms with Crippen LogP contribution < -0.4 is 4.90 Å². The zero-order valence-corrected chi connectivity index (χ0v) is 17.5. The van der Waals surface area contributed by atoms with Gasteiger partial charge in [0.2, 0.25) is 0 Å². The monoisotopic (exact) mass is 394 g/mol. The molecule has 1 aromatic heterocycles. The summed E-state index contributed by atoms with van der Waals surface area (Å²) < 4.78 is 1.24. The van der Waals surface area contributed by atoms with Gasteiger partial charge in [-0.2, -0.15) is 0 Å². The number of carbonyl (C=O) groups is 1. The summed E-state index contributed by atoms with van der Waals surface area (Å²) in [4.78, 5) is 21.0. The largest absolute Gasteiger partial charge is 0.337 e. The number of likely N-dealkylation sites (N-methyl/N-ethyl adjacent to an activating group) is 1. The minimum Gasteiger partial charge on any atom is -0.337 e. The summed E-state index contributed by atoms with van der Waals surface area (Å²) in [5.41, 5.74) is 3.50.